The molecule has 0 aliphatic heterocycles. The number of aromatic hydroxyl groups is 2. The van der Waals surface area contributed by atoms with E-state index in [1.54, 1.807) is 42.5 Å². The van der Waals surface area contributed by atoms with Gasteiger partial charge in [-0.1, -0.05) is 42.5 Å². The molecule has 1 atom stereocenters. The number of carbonyl (C=O) groups excluding carboxylic acids is 1. The summed E-state index contributed by atoms with van der Waals surface area (Å²) in [5.41, 5.74) is 3.67. The average molecular weight is 468 g/mol. The number of aromatic nitrogens is 2. The molecule has 5 N–H and O–H groups in total. The quantitative estimate of drug-likeness (QED) is 0.256. The lowest BCUT2D eigenvalue weighted by molar-refractivity contribution is -0.118. The predicted octanol–water partition coefficient (Wildman–Crippen LogP) is 4.28. The third-order valence-corrected chi connectivity index (χ3v) is 6.33. The number of fused-ring (bicyclic) bond motifs is 2. The standard InChI is InChI=1S/C28H25N3O4/c1-16(32)29-15-14-20-19-6-2-4-8-22(19)30-26(20)24(17-10-12-18(33)13-11-17)25-27(34)21-7-3-5-9-23(21)31-28(25)35/h2-13,24,30,33H,14-15H2,1H3,(H,29,32)(H2,31,34,35). The lowest BCUT2D eigenvalue weighted by atomic mass is 9.85. The van der Waals surface area contributed by atoms with Gasteiger partial charge < -0.3 is 25.5 Å². The molecule has 0 spiro atoms. The Balaban J connectivity index is 1.79. The van der Waals surface area contributed by atoms with E-state index in [-0.39, 0.29) is 23.0 Å². The van der Waals surface area contributed by atoms with Gasteiger partial charge in [0, 0.05) is 35.5 Å². The second-order valence-electron chi connectivity index (χ2n) is 8.58. The summed E-state index contributed by atoms with van der Waals surface area (Å²) in [6.07, 6.45) is 0.528. The molecule has 5 aromatic rings. The number of H-pyrrole nitrogens is 2. The molecule has 1 unspecified atom stereocenters. The molecule has 0 saturated carbocycles. The van der Waals surface area contributed by atoms with E-state index in [0.29, 0.717) is 23.9 Å². The van der Waals surface area contributed by atoms with Crippen molar-refractivity contribution in [1.82, 2.24) is 15.3 Å². The van der Waals surface area contributed by atoms with Gasteiger partial charge in [0.15, 0.2) is 0 Å². The number of carbonyl (C=O) groups is 1. The minimum atomic E-state index is -0.649. The minimum absolute atomic E-state index is 0.0890. The Labute approximate surface area is 201 Å². The maximum absolute atomic E-state index is 13.4. The fraction of sp³-hybridized carbons (Fsp3) is 0.143. The minimum Gasteiger partial charge on any atom is -0.508 e. The summed E-state index contributed by atoms with van der Waals surface area (Å²) in [5, 5.41) is 25.6. The van der Waals surface area contributed by atoms with Crippen LogP contribution < -0.4 is 10.9 Å². The summed E-state index contributed by atoms with van der Waals surface area (Å²) in [7, 11) is 0. The van der Waals surface area contributed by atoms with Crippen molar-refractivity contribution in [3.05, 3.63) is 106 Å². The molecule has 1 amide bonds. The van der Waals surface area contributed by atoms with Gasteiger partial charge in [-0.3, -0.25) is 9.59 Å². The molecule has 0 saturated heterocycles. The van der Waals surface area contributed by atoms with Crippen molar-refractivity contribution < 1.29 is 15.0 Å². The van der Waals surface area contributed by atoms with Crippen LogP contribution in [-0.4, -0.2) is 32.6 Å². The Kier molecular flexibility index (Phi) is 5.74. The van der Waals surface area contributed by atoms with E-state index in [0.717, 1.165) is 27.7 Å². The highest BCUT2D eigenvalue weighted by molar-refractivity contribution is 5.88. The first kappa shape index (κ1) is 22.3. The number of aromatic amines is 2. The number of phenols is 1. The number of hydrogen-bond donors (Lipinski definition) is 5. The average Bonchev–Trinajstić information content (AvgIpc) is 3.20. The van der Waals surface area contributed by atoms with Crippen LogP contribution in [0.2, 0.25) is 0 Å². The molecule has 0 radical (unpaired) electrons. The Morgan fingerprint density at radius 2 is 1.51 bits per heavy atom. The largest absolute Gasteiger partial charge is 0.508 e. The summed E-state index contributed by atoms with van der Waals surface area (Å²) < 4.78 is 0. The molecule has 2 aromatic heterocycles. The summed E-state index contributed by atoms with van der Waals surface area (Å²) >= 11 is 0. The number of nitrogens with one attached hydrogen (secondary N) is 3. The van der Waals surface area contributed by atoms with Crippen molar-refractivity contribution in [3.8, 4) is 11.5 Å². The van der Waals surface area contributed by atoms with E-state index in [1.165, 1.54) is 6.92 Å². The van der Waals surface area contributed by atoms with Crippen molar-refractivity contribution in [3.63, 3.8) is 0 Å². The maximum Gasteiger partial charge on any atom is 0.256 e. The molecule has 0 aliphatic rings. The van der Waals surface area contributed by atoms with E-state index >= 15 is 0 Å². The summed E-state index contributed by atoms with van der Waals surface area (Å²) in [5.74, 6) is -0.755. The monoisotopic (exact) mass is 467 g/mol. The van der Waals surface area contributed by atoms with Crippen LogP contribution in [0.3, 0.4) is 0 Å². The van der Waals surface area contributed by atoms with Gasteiger partial charge in [-0.15, -0.1) is 0 Å². The van der Waals surface area contributed by atoms with E-state index in [9.17, 15) is 19.8 Å². The van der Waals surface area contributed by atoms with E-state index in [1.807, 2.05) is 30.3 Å². The number of hydrogen-bond acceptors (Lipinski definition) is 4. The smallest absolute Gasteiger partial charge is 0.256 e. The van der Waals surface area contributed by atoms with Gasteiger partial charge in [0.1, 0.15) is 11.5 Å². The molecule has 0 bridgehead atoms. The van der Waals surface area contributed by atoms with Crippen molar-refractivity contribution in [1.29, 1.82) is 0 Å². The number of amides is 1. The second-order valence-corrected chi connectivity index (χ2v) is 8.58. The van der Waals surface area contributed by atoms with Crippen molar-refractivity contribution in [2.24, 2.45) is 0 Å². The SMILES string of the molecule is CC(=O)NCCc1c(C(c2ccc(O)cc2)c2c(O)c3ccccc3[nH]c2=O)[nH]c2ccccc12. The molecule has 7 heteroatoms. The Hall–Kier alpha value is -4.52. The molecule has 7 nitrogen and oxygen atoms in total. The zero-order chi connectivity index (χ0) is 24.5. The number of phenolic OH excluding ortho intramolecular Hbond substituents is 1. The van der Waals surface area contributed by atoms with Crippen LogP contribution in [0.25, 0.3) is 21.8 Å². The van der Waals surface area contributed by atoms with Gasteiger partial charge in [-0.2, -0.15) is 0 Å². The van der Waals surface area contributed by atoms with Crippen LogP contribution in [-0.2, 0) is 11.2 Å². The van der Waals surface area contributed by atoms with Gasteiger partial charge in [0.2, 0.25) is 5.91 Å². The van der Waals surface area contributed by atoms with Gasteiger partial charge in [0.25, 0.3) is 5.56 Å². The van der Waals surface area contributed by atoms with E-state index in [2.05, 4.69) is 15.3 Å². The number of pyridine rings is 1. The van der Waals surface area contributed by atoms with Crippen LogP contribution in [0, 0.1) is 0 Å². The van der Waals surface area contributed by atoms with Crippen molar-refractivity contribution in [2.75, 3.05) is 6.54 Å². The summed E-state index contributed by atoms with van der Waals surface area (Å²) in [6.45, 7) is 1.90. The molecule has 0 fully saturated rings. The maximum atomic E-state index is 13.4. The van der Waals surface area contributed by atoms with Gasteiger partial charge in [-0.25, -0.2) is 0 Å². The number of para-hydroxylation sites is 2. The lowest BCUT2D eigenvalue weighted by Gasteiger charge is -2.21. The topological polar surface area (TPSA) is 118 Å². The first-order chi connectivity index (χ1) is 16.9. The van der Waals surface area contributed by atoms with Crippen molar-refractivity contribution >= 4 is 27.7 Å². The van der Waals surface area contributed by atoms with Crippen LogP contribution in [0.5, 0.6) is 11.5 Å². The molecular formula is C28H25N3O4. The van der Waals surface area contributed by atoms with E-state index < -0.39 is 11.5 Å². The molecule has 35 heavy (non-hydrogen) atoms. The fourth-order valence-electron chi connectivity index (χ4n) is 4.75. The molecule has 176 valence electrons. The highest BCUT2D eigenvalue weighted by Crippen LogP contribution is 2.40. The van der Waals surface area contributed by atoms with Crippen LogP contribution >= 0.6 is 0 Å². The molecule has 5 rings (SSSR count). The third-order valence-electron chi connectivity index (χ3n) is 6.33. The number of rotatable bonds is 6. The van der Waals surface area contributed by atoms with Gasteiger partial charge in [0.05, 0.1) is 17.0 Å². The second kappa shape index (κ2) is 9.02. The highest BCUT2D eigenvalue weighted by Gasteiger charge is 2.29. The van der Waals surface area contributed by atoms with Crippen LogP contribution in [0.4, 0.5) is 0 Å². The Bertz CT molecular complexity index is 1600. The summed E-state index contributed by atoms with van der Waals surface area (Å²) in [4.78, 5) is 31.3. The number of benzene rings is 3. The van der Waals surface area contributed by atoms with Gasteiger partial charge in [-0.05, 0) is 47.9 Å². The molecule has 2 heterocycles. The normalized spacial score (nSPS) is 12.1. The van der Waals surface area contributed by atoms with Crippen LogP contribution in [0.15, 0.2) is 77.6 Å². The highest BCUT2D eigenvalue weighted by atomic mass is 16.3. The summed E-state index contributed by atoms with van der Waals surface area (Å²) in [6, 6.07) is 21.6. The first-order valence-electron chi connectivity index (χ1n) is 11.4. The fourth-order valence-corrected chi connectivity index (χ4v) is 4.75. The molecular weight excluding hydrogens is 442 g/mol. The predicted molar refractivity (Wildman–Crippen MR) is 136 cm³/mol. The Morgan fingerprint density at radius 3 is 2.20 bits per heavy atom. The zero-order valence-electron chi connectivity index (χ0n) is 19.1. The molecule has 0 aliphatic carbocycles. The van der Waals surface area contributed by atoms with E-state index in [4.69, 9.17) is 0 Å². The lowest BCUT2D eigenvalue weighted by Crippen LogP contribution is -2.23. The zero-order valence-corrected chi connectivity index (χ0v) is 19.1. The van der Waals surface area contributed by atoms with Crippen molar-refractivity contribution in [2.45, 2.75) is 19.3 Å². The third kappa shape index (κ3) is 4.12. The molecule has 3 aromatic carbocycles. The van der Waals surface area contributed by atoms with Crippen LogP contribution in [0.1, 0.15) is 35.2 Å². The van der Waals surface area contributed by atoms with Gasteiger partial charge >= 0.3 is 0 Å². The Morgan fingerprint density at radius 1 is 0.886 bits per heavy atom. The first-order valence-corrected chi connectivity index (χ1v) is 11.4.